The van der Waals surface area contributed by atoms with Crippen LogP contribution in [0.15, 0.2) is 46.9 Å². The first-order chi connectivity index (χ1) is 16.8. The fourth-order valence-corrected chi connectivity index (χ4v) is 5.40. The van der Waals surface area contributed by atoms with E-state index in [1.54, 1.807) is 16.2 Å². The van der Waals surface area contributed by atoms with Crippen LogP contribution in [0, 0.1) is 6.92 Å². The normalized spacial score (nSPS) is 19.0. The minimum atomic E-state index is -4.53. The Labute approximate surface area is 204 Å². The Morgan fingerprint density at radius 2 is 1.94 bits per heavy atom. The number of hydrogen-bond acceptors (Lipinski definition) is 6. The zero-order valence-corrected chi connectivity index (χ0v) is 19.8. The summed E-state index contributed by atoms with van der Waals surface area (Å²) in [6.07, 6.45) is -2.46. The van der Waals surface area contributed by atoms with Crippen molar-refractivity contribution in [2.45, 2.75) is 50.9 Å². The fourth-order valence-electron chi connectivity index (χ4n) is 4.40. The van der Waals surface area contributed by atoms with Gasteiger partial charge in [0.25, 0.3) is 0 Å². The highest BCUT2D eigenvalue weighted by Gasteiger charge is 2.35. The molecule has 1 amide bonds. The maximum Gasteiger partial charge on any atom is 0.435 e. The third-order valence-corrected chi connectivity index (χ3v) is 7.42. The maximum atomic E-state index is 12.9. The molecule has 0 aliphatic carbocycles. The second kappa shape index (κ2) is 9.44. The smallest absolute Gasteiger partial charge is 0.387 e. The molecular formula is C24H24F3N5O2S. The van der Waals surface area contributed by atoms with Crippen molar-refractivity contribution in [3.63, 3.8) is 0 Å². The number of halogens is 3. The number of piperidine rings is 1. The number of carbonyl (C=O) groups is 1. The van der Waals surface area contributed by atoms with Crippen molar-refractivity contribution in [3.8, 4) is 0 Å². The SMILES string of the molecule is Cc1cc(C(F)(F)F)nn1CC(=O)N1CCC(c2nc(C3=NOC(c4ccccc4)C3)cs2)CC1. The number of likely N-dealkylation sites (tertiary alicyclic amines) is 1. The van der Waals surface area contributed by atoms with Gasteiger partial charge in [0, 0.05) is 36.5 Å². The molecule has 184 valence electrons. The van der Waals surface area contributed by atoms with Gasteiger partial charge in [-0.1, -0.05) is 35.5 Å². The first-order valence-electron chi connectivity index (χ1n) is 11.4. The highest BCUT2D eigenvalue weighted by molar-refractivity contribution is 7.10. The molecule has 5 rings (SSSR count). The molecule has 1 unspecified atom stereocenters. The zero-order valence-electron chi connectivity index (χ0n) is 19.0. The Morgan fingerprint density at radius 3 is 2.63 bits per heavy atom. The lowest BCUT2D eigenvalue weighted by molar-refractivity contribution is -0.142. The van der Waals surface area contributed by atoms with E-state index in [1.807, 2.05) is 35.7 Å². The summed E-state index contributed by atoms with van der Waals surface area (Å²) in [5.74, 6) is 0.00142. The third kappa shape index (κ3) is 5.09. The van der Waals surface area contributed by atoms with Crippen molar-refractivity contribution in [1.82, 2.24) is 19.7 Å². The van der Waals surface area contributed by atoms with E-state index in [0.29, 0.717) is 25.2 Å². The Morgan fingerprint density at radius 1 is 1.20 bits per heavy atom. The average molecular weight is 504 g/mol. The lowest BCUT2D eigenvalue weighted by atomic mass is 9.97. The summed E-state index contributed by atoms with van der Waals surface area (Å²) in [5.41, 5.74) is 2.08. The molecule has 0 radical (unpaired) electrons. The minimum Gasteiger partial charge on any atom is -0.387 e. The summed E-state index contributed by atoms with van der Waals surface area (Å²) >= 11 is 1.59. The van der Waals surface area contributed by atoms with E-state index in [4.69, 9.17) is 9.82 Å². The number of oxime groups is 1. The Balaban J connectivity index is 1.15. The van der Waals surface area contributed by atoms with Gasteiger partial charge in [0.15, 0.2) is 11.8 Å². The van der Waals surface area contributed by atoms with Crippen LogP contribution in [0.1, 0.15) is 58.9 Å². The summed E-state index contributed by atoms with van der Waals surface area (Å²) in [5, 5.41) is 10.8. The van der Waals surface area contributed by atoms with E-state index in [9.17, 15) is 18.0 Å². The number of carbonyl (C=O) groups excluding carboxylic acids is 1. The van der Waals surface area contributed by atoms with Gasteiger partial charge in [-0.25, -0.2) is 4.98 Å². The van der Waals surface area contributed by atoms with Crippen LogP contribution >= 0.6 is 11.3 Å². The zero-order chi connectivity index (χ0) is 24.6. The number of nitrogens with zero attached hydrogens (tertiary/aromatic N) is 5. The van der Waals surface area contributed by atoms with Crippen LogP contribution in [-0.2, 0) is 22.4 Å². The summed E-state index contributed by atoms with van der Waals surface area (Å²) in [6, 6.07) is 10.9. The van der Waals surface area contributed by atoms with Gasteiger partial charge in [0.05, 0.1) is 10.7 Å². The maximum absolute atomic E-state index is 12.9. The molecule has 2 aliphatic rings. The molecule has 1 atom stereocenters. The van der Waals surface area contributed by atoms with Crippen LogP contribution in [0.25, 0.3) is 0 Å². The summed E-state index contributed by atoms with van der Waals surface area (Å²) < 4.78 is 39.8. The number of thiazole rings is 1. The van der Waals surface area contributed by atoms with E-state index in [2.05, 4.69) is 10.3 Å². The van der Waals surface area contributed by atoms with Crippen LogP contribution in [0.4, 0.5) is 13.2 Å². The van der Waals surface area contributed by atoms with Crippen molar-refractivity contribution in [1.29, 1.82) is 0 Å². The summed E-state index contributed by atoms with van der Waals surface area (Å²) in [7, 11) is 0. The van der Waals surface area contributed by atoms with Crippen molar-refractivity contribution in [2.24, 2.45) is 5.16 Å². The molecule has 2 aliphatic heterocycles. The molecule has 11 heteroatoms. The number of aryl methyl sites for hydroxylation is 1. The first kappa shape index (κ1) is 23.5. The van der Waals surface area contributed by atoms with Crippen LogP contribution in [0.3, 0.4) is 0 Å². The van der Waals surface area contributed by atoms with Gasteiger partial charge < -0.3 is 9.74 Å². The van der Waals surface area contributed by atoms with Gasteiger partial charge >= 0.3 is 6.18 Å². The number of hydrogen-bond donors (Lipinski definition) is 0. The van der Waals surface area contributed by atoms with E-state index in [0.717, 1.165) is 45.6 Å². The van der Waals surface area contributed by atoms with Crippen molar-refractivity contribution >= 4 is 23.0 Å². The van der Waals surface area contributed by atoms with Gasteiger partial charge in [0.2, 0.25) is 5.91 Å². The second-order valence-electron chi connectivity index (χ2n) is 8.80. The molecule has 4 heterocycles. The average Bonchev–Trinajstić information content (AvgIpc) is 3.60. The molecule has 7 nitrogen and oxygen atoms in total. The fraction of sp³-hybridized carbons (Fsp3) is 0.417. The van der Waals surface area contributed by atoms with E-state index < -0.39 is 11.9 Å². The number of benzene rings is 1. The van der Waals surface area contributed by atoms with Gasteiger partial charge in [-0.15, -0.1) is 11.3 Å². The molecular weight excluding hydrogens is 479 g/mol. The highest BCUT2D eigenvalue weighted by atomic mass is 32.1. The van der Waals surface area contributed by atoms with Crippen molar-refractivity contribution < 1.29 is 22.8 Å². The number of aromatic nitrogens is 3. The van der Waals surface area contributed by atoms with Gasteiger partial charge in [-0.2, -0.15) is 18.3 Å². The Kier molecular flexibility index (Phi) is 6.35. The largest absolute Gasteiger partial charge is 0.435 e. The Hall–Kier alpha value is -3.21. The quantitative estimate of drug-likeness (QED) is 0.495. The monoisotopic (exact) mass is 503 g/mol. The standard InChI is InChI=1S/C24H24F3N5O2S/c1-15-11-21(24(25,26)27)29-32(15)13-22(33)31-9-7-17(8-10-31)23-28-19(14-35-23)18-12-20(34-30-18)16-5-3-2-4-6-16/h2-6,11,14,17,20H,7-10,12-13H2,1H3. The number of rotatable bonds is 5. The predicted octanol–water partition coefficient (Wildman–Crippen LogP) is 4.94. The van der Waals surface area contributed by atoms with E-state index in [-0.39, 0.29) is 24.5 Å². The highest BCUT2D eigenvalue weighted by Crippen LogP contribution is 2.34. The Bertz CT molecular complexity index is 1230. The molecule has 35 heavy (non-hydrogen) atoms. The molecule has 1 fully saturated rings. The molecule has 3 aromatic rings. The van der Waals surface area contributed by atoms with Crippen LogP contribution in [-0.4, -0.2) is 44.4 Å². The topological polar surface area (TPSA) is 72.6 Å². The molecule has 0 spiro atoms. The van der Waals surface area contributed by atoms with Crippen LogP contribution in [0.2, 0.25) is 0 Å². The lowest BCUT2D eigenvalue weighted by Gasteiger charge is -2.31. The van der Waals surface area contributed by atoms with Crippen molar-refractivity contribution in [2.75, 3.05) is 13.1 Å². The predicted molar refractivity (Wildman–Crippen MR) is 124 cm³/mol. The molecule has 0 N–H and O–H groups in total. The van der Waals surface area contributed by atoms with Crippen LogP contribution in [0.5, 0.6) is 0 Å². The summed E-state index contributed by atoms with van der Waals surface area (Å²) in [6.45, 7) is 2.38. The number of amides is 1. The van der Waals surface area contributed by atoms with Crippen molar-refractivity contribution in [3.05, 3.63) is 69.4 Å². The molecule has 1 saturated heterocycles. The lowest BCUT2D eigenvalue weighted by Crippen LogP contribution is -2.40. The van der Waals surface area contributed by atoms with E-state index in [1.165, 1.54) is 6.92 Å². The summed E-state index contributed by atoms with van der Waals surface area (Å²) in [4.78, 5) is 24.8. The van der Waals surface area contributed by atoms with E-state index >= 15 is 0 Å². The third-order valence-electron chi connectivity index (χ3n) is 6.41. The van der Waals surface area contributed by atoms with Crippen LogP contribution < -0.4 is 0 Å². The first-order valence-corrected chi connectivity index (χ1v) is 12.3. The van der Waals surface area contributed by atoms with Gasteiger partial charge in [-0.05, 0) is 31.4 Å². The second-order valence-corrected chi connectivity index (χ2v) is 9.69. The molecule has 1 aromatic carbocycles. The molecule has 0 saturated carbocycles. The van der Waals surface area contributed by atoms with Gasteiger partial charge in [0.1, 0.15) is 12.3 Å². The molecule has 0 bridgehead atoms. The van der Waals surface area contributed by atoms with Gasteiger partial charge in [-0.3, -0.25) is 9.48 Å². The minimum absolute atomic E-state index is 0.101. The number of alkyl halides is 3. The molecule has 2 aromatic heterocycles.